The molecule has 0 aromatic heterocycles. The SMILES string of the molecule is CC(C)(CCBr)NC(=O)COc1cccc(Cl)c1. The van der Waals surface area contributed by atoms with Gasteiger partial charge in [0.25, 0.3) is 5.91 Å². The van der Waals surface area contributed by atoms with Gasteiger partial charge < -0.3 is 10.1 Å². The van der Waals surface area contributed by atoms with Crippen molar-refractivity contribution in [2.24, 2.45) is 0 Å². The van der Waals surface area contributed by atoms with Gasteiger partial charge in [-0.15, -0.1) is 0 Å². The van der Waals surface area contributed by atoms with Crippen LogP contribution in [0.1, 0.15) is 20.3 Å². The molecule has 0 spiro atoms. The third-order valence-corrected chi connectivity index (χ3v) is 2.99. The van der Waals surface area contributed by atoms with E-state index in [1.165, 1.54) is 0 Å². The highest BCUT2D eigenvalue weighted by atomic mass is 79.9. The molecule has 1 aromatic rings. The fraction of sp³-hybridized carbons (Fsp3) is 0.462. The molecule has 0 radical (unpaired) electrons. The Kier molecular flexibility index (Phi) is 5.96. The van der Waals surface area contributed by atoms with Gasteiger partial charge in [0.2, 0.25) is 0 Å². The van der Waals surface area contributed by atoms with Crippen LogP contribution in [0.5, 0.6) is 5.75 Å². The van der Waals surface area contributed by atoms with Crippen molar-refractivity contribution in [2.45, 2.75) is 25.8 Å². The van der Waals surface area contributed by atoms with Crippen molar-refractivity contribution in [2.75, 3.05) is 11.9 Å². The Labute approximate surface area is 121 Å². The van der Waals surface area contributed by atoms with Crippen molar-refractivity contribution in [1.29, 1.82) is 0 Å². The maximum atomic E-state index is 11.7. The summed E-state index contributed by atoms with van der Waals surface area (Å²) >= 11 is 9.18. The van der Waals surface area contributed by atoms with Crippen LogP contribution in [-0.2, 0) is 4.79 Å². The third kappa shape index (κ3) is 5.74. The Morgan fingerprint density at radius 2 is 2.22 bits per heavy atom. The lowest BCUT2D eigenvalue weighted by Crippen LogP contribution is -2.45. The average Bonchev–Trinajstić information content (AvgIpc) is 2.25. The predicted octanol–water partition coefficient (Wildman–Crippen LogP) is 3.40. The van der Waals surface area contributed by atoms with Crippen LogP contribution in [0.3, 0.4) is 0 Å². The number of halogens is 2. The van der Waals surface area contributed by atoms with Crippen molar-refractivity contribution in [3.63, 3.8) is 0 Å². The third-order valence-electron chi connectivity index (χ3n) is 2.36. The van der Waals surface area contributed by atoms with E-state index in [2.05, 4.69) is 21.2 Å². The maximum Gasteiger partial charge on any atom is 0.258 e. The highest BCUT2D eigenvalue weighted by Gasteiger charge is 2.19. The summed E-state index contributed by atoms with van der Waals surface area (Å²) in [6, 6.07) is 6.99. The second-order valence-electron chi connectivity index (χ2n) is 4.62. The molecule has 100 valence electrons. The summed E-state index contributed by atoms with van der Waals surface area (Å²) in [7, 11) is 0. The molecule has 0 unspecified atom stereocenters. The minimum atomic E-state index is -0.238. The first-order valence-electron chi connectivity index (χ1n) is 5.68. The number of amides is 1. The molecule has 0 aliphatic carbocycles. The van der Waals surface area contributed by atoms with Crippen LogP contribution in [-0.4, -0.2) is 23.4 Å². The first-order chi connectivity index (χ1) is 8.43. The summed E-state index contributed by atoms with van der Waals surface area (Å²) in [6.07, 6.45) is 0.857. The molecule has 1 aromatic carbocycles. The van der Waals surface area contributed by atoms with Gasteiger partial charge in [0, 0.05) is 15.9 Å². The first kappa shape index (κ1) is 15.3. The molecule has 1 amide bonds. The highest BCUT2D eigenvalue weighted by Crippen LogP contribution is 2.17. The van der Waals surface area contributed by atoms with Crippen LogP contribution in [0.15, 0.2) is 24.3 Å². The molecule has 5 heteroatoms. The van der Waals surface area contributed by atoms with Gasteiger partial charge in [-0.25, -0.2) is 0 Å². The number of ether oxygens (including phenoxy) is 1. The molecular formula is C13H17BrClNO2. The molecule has 1 rings (SSSR count). The fourth-order valence-electron chi connectivity index (χ4n) is 1.42. The molecule has 0 heterocycles. The second-order valence-corrected chi connectivity index (χ2v) is 5.85. The van der Waals surface area contributed by atoms with Crippen molar-refractivity contribution < 1.29 is 9.53 Å². The lowest BCUT2D eigenvalue weighted by atomic mass is 10.0. The van der Waals surface area contributed by atoms with Crippen LogP contribution in [0, 0.1) is 0 Å². The van der Waals surface area contributed by atoms with Crippen LogP contribution < -0.4 is 10.1 Å². The Bertz CT molecular complexity index is 410. The summed E-state index contributed by atoms with van der Waals surface area (Å²) in [5.74, 6) is 0.455. The number of carbonyl (C=O) groups is 1. The number of alkyl halides is 1. The van der Waals surface area contributed by atoms with Gasteiger partial charge >= 0.3 is 0 Å². The van der Waals surface area contributed by atoms with Gasteiger partial charge in [-0.1, -0.05) is 33.6 Å². The molecule has 3 nitrogen and oxygen atoms in total. The monoisotopic (exact) mass is 333 g/mol. The number of carbonyl (C=O) groups excluding carboxylic acids is 1. The van der Waals surface area contributed by atoms with Gasteiger partial charge in [-0.3, -0.25) is 4.79 Å². The fourth-order valence-corrected chi connectivity index (χ4v) is 2.59. The van der Waals surface area contributed by atoms with Gasteiger partial charge in [0.05, 0.1) is 0 Å². The van der Waals surface area contributed by atoms with Crippen LogP contribution in [0.25, 0.3) is 0 Å². The minimum absolute atomic E-state index is 0.00788. The number of hydrogen-bond donors (Lipinski definition) is 1. The number of rotatable bonds is 6. The van der Waals surface area contributed by atoms with Crippen molar-refractivity contribution >= 4 is 33.4 Å². The quantitative estimate of drug-likeness (QED) is 0.810. The summed E-state index contributed by atoms with van der Waals surface area (Å²) in [5.41, 5.74) is -0.238. The Hall–Kier alpha value is -0.740. The van der Waals surface area contributed by atoms with E-state index in [1.807, 2.05) is 13.8 Å². The molecule has 1 N–H and O–H groups in total. The molecule has 18 heavy (non-hydrogen) atoms. The molecule has 0 saturated carbocycles. The van der Waals surface area contributed by atoms with E-state index in [0.29, 0.717) is 10.8 Å². The smallest absolute Gasteiger partial charge is 0.258 e. The molecule has 0 atom stereocenters. The number of benzene rings is 1. The van der Waals surface area contributed by atoms with Gasteiger partial charge in [-0.2, -0.15) is 0 Å². The predicted molar refractivity (Wildman–Crippen MR) is 77.6 cm³/mol. The van der Waals surface area contributed by atoms with E-state index in [1.54, 1.807) is 24.3 Å². The van der Waals surface area contributed by atoms with Crippen LogP contribution in [0.4, 0.5) is 0 Å². The average molecular weight is 335 g/mol. The van der Waals surface area contributed by atoms with Crippen molar-refractivity contribution in [3.05, 3.63) is 29.3 Å². The van der Waals surface area contributed by atoms with Crippen LogP contribution in [0.2, 0.25) is 5.02 Å². The number of hydrogen-bond acceptors (Lipinski definition) is 2. The van der Waals surface area contributed by atoms with E-state index in [9.17, 15) is 4.79 Å². The van der Waals surface area contributed by atoms with Crippen LogP contribution >= 0.6 is 27.5 Å². The van der Waals surface area contributed by atoms with Gasteiger partial charge in [-0.05, 0) is 38.5 Å². The molecule has 0 aliphatic rings. The molecule has 0 bridgehead atoms. The number of nitrogens with one attached hydrogen (secondary N) is 1. The standard InChI is InChI=1S/C13H17BrClNO2/c1-13(2,6-7-14)16-12(17)9-18-11-5-3-4-10(15)8-11/h3-5,8H,6-7,9H2,1-2H3,(H,16,17). The topological polar surface area (TPSA) is 38.3 Å². The highest BCUT2D eigenvalue weighted by molar-refractivity contribution is 9.09. The Morgan fingerprint density at radius 1 is 1.50 bits per heavy atom. The zero-order chi connectivity index (χ0) is 13.6. The normalized spacial score (nSPS) is 11.1. The Morgan fingerprint density at radius 3 is 2.83 bits per heavy atom. The summed E-state index contributed by atoms with van der Waals surface area (Å²) in [5, 5.41) is 4.35. The van der Waals surface area contributed by atoms with E-state index < -0.39 is 0 Å². The second kappa shape index (κ2) is 7.00. The lowest BCUT2D eigenvalue weighted by molar-refractivity contribution is -0.124. The molecule has 0 fully saturated rings. The van der Waals surface area contributed by atoms with Gasteiger partial charge in [0.15, 0.2) is 6.61 Å². The van der Waals surface area contributed by atoms with E-state index in [4.69, 9.17) is 16.3 Å². The summed E-state index contributed by atoms with van der Waals surface area (Å²) in [4.78, 5) is 11.7. The zero-order valence-electron chi connectivity index (χ0n) is 10.5. The van der Waals surface area contributed by atoms with E-state index in [0.717, 1.165) is 11.8 Å². The molecule has 0 aliphatic heterocycles. The zero-order valence-corrected chi connectivity index (χ0v) is 12.8. The lowest BCUT2D eigenvalue weighted by Gasteiger charge is -2.25. The molecular weight excluding hydrogens is 318 g/mol. The first-order valence-corrected chi connectivity index (χ1v) is 7.18. The summed E-state index contributed by atoms with van der Waals surface area (Å²) in [6.45, 7) is 3.95. The van der Waals surface area contributed by atoms with Crippen molar-refractivity contribution in [1.82, 2.24) is 5.32 Å². The maximum absolute atomic E-state index is 11.7. The largest absolute Gasteiger partial charge is 0.484 e. The Balaban J connectivity index is 2.42. The van der Waals surface area contributed by atoms with Crippen molar-refractivity contribution in [3.8, 4) is 5.75 Å². The molecule has 0 saturated heterocycles. The minimum Gasteiger partial charge on any atom is -0.484 e. The van der Waals surface area contributed by atoms with Gasteiger partial charge in [0.1, 0.15) is 5.75 Å². The van der Waals surface area contributed by atoms with E-state index in [-0.39, 0.29) is 18.1 Å². The van der Waals surface area contributed by atoms with E-state index >= 15 is 0 Å². The summed E-state index contributed by atoms with van der Waals surface area (Å²) < 4.78 is 5.36.